The maximum Gasteiger partial charge on any atom is 0.290 e. The average molecular weight is 385 g/mol. The van der Waals surface area contributed by atoms with E-state index in [0.717, 1.165) is 11.8 Å². The molecule has 3 amide bonds. The van der Waals surface area contributed by atoms with Crippen molar-refractivity contribution in [2.45, 2.75) is 6.92 Å². The number of rotatable bonds is 6. The molecule has 0 spiro atoms. The molecule has 1 heterocycles. The number of likely N-dealkylation sites (N-methyl/N-ethyl adjacent to an activating group) is 1. The Bertz CT molecular complexity index is 748. The maximum atomic E-state index is 11.7. The summed E-state index contributed by atoms with van der Waals surface area (Å²) in [6.45, 7) is 1.98. The quantitative estimate of drug-likeness (QED) is 0.758. The van der Waals surface area contributed by atoms with Gasteiger partial charge >= 0.3 is 0 Å². The summed E-state index contributed by atoms with van der Waals surface area (Å²) >= 11 is 7.06. The van der Waals surface area contributed by atoms with Crippen LogP contribution in [-0.2, 0) is 9.59 Å². The van der Waals surface area contributed by atoms with Crippen molar-refractivity contribution in [2.24, 2.45) is 0 Å². The van der Waals surface area contributed by atoms with Crippen molar-refractivity contribution < 1.29 is 23.9 Å². The molecule has 0 saturated carbocycles. The zero-order valence-corrected chi connectivity index (χ0v) is 15.5. The Hall–Kier alpha value is -2.19. The van der Waals surface area contributed by atoms with Crippen molar-refractivity contribution in [3.05, 3.63) is 27.6 Å². The largest absolute Gasteiger partial charge is 0.490 e. The minimum absolute atomic E-state index is 0.181. The Morgan fingerprint density at radius 1 is 1.32 bits per heavy atom. The Kier molecular flexibility index (Phi) is 6.33. The minimum atomic E-state index is -0.457. The van der Waals surface area contributed by atoms with Gasteiger partial charge in [0.1, 0.15) is 0 Å². The monoisotopic (exact) mass is 384 g/mol. The molecule has 1 N–H and O–H groups in total. The summed E-state index contributed by atoms with van der Waals surface area (Å²) in [4.78, 5) is 36.2. The number of nitrogens with zero attached hydrogens (tertiary/aromatic N) is 1. The van der Waals surface area contributed by atoms with Crippen LogP contribution in [0, 0.1) is 0 Å². The fourth-order valence-corrected chi connectivity index (χ4v) is 2.87. The van der Waals surface area contributed by atoms with Crippen LogP contribution in [0.1, 0.15) is 12.5 Å². The summed E-state index contributed by atoms with van der Waals surface area (Å²) in [5, 5.41) is 2.00. The zero-order chi connectivity index (χ0) is 18.6. The van der Waals surface area contributed by atoms with Crippen molar-refractivity contribution in [1.82, 2.24) is 10.2 Å². The zero-order valence-electron chi connectivity index (χ0n) is 13.9. The molecule has 0 aliphatic carbocycles. The van der Waals surface area contributed by atoms with Crippen LogP contribution in [0.4, 0.5) is 4.79 Å². The van der Waals surface area contributed by atoms with Gasteiger partial charge in [0, 0.05) is 14.1 Å². The van der Waals surface area contributed by atoms with Gasteiger partial charge in [-0.15, -0.1) is 0 Å². The normalized spacial score (nSPS) is 15.3. The van der Waals surface area contributed by atoms with Gasteiger partial charge in [-0.2, -0.15) is 0 Å². The summed E-state index contributed by atoms with van der Waals surface area (Å²) in [6, 6.07) is 3.21. The van der Waals surface area contributed by atoms with E-state index in [9.17, 15) is 14.4 Å². The fraction of sp³-hybridized carbons (Fsp3) is 0.312. The molecule has 134 valence electrons. The van der Waals surface area contributed by atoms with Gasteiger partial charge in [-0.05, 0) is 42.5 Å². The molecular weight excluding hydrogens is 368 g/mol. The minimum Gasteiger partial charge on any atom is -0.490 e. The van der Waals surface area contributed by atoms with Gasteiger partial charge in [0.25, 0.3) is 17.1 Å². The van der Waals surface area contributed by atoms with Gasteiger partial charge in [-0.3, -0.25) is 19.7 Å². The summed E-state index contributed by atoms with van der Waals surface area (Å²) in [5.74, 6) is -0.0770. The van der Waals surface area contributed by atoms with Gasteiger partial charge in [-0.25, -0.2) is 0 Å². The van der Waals surface area contributed by atoms with Crippen LogP contribution in [0.15, 0.2) is 17.0 Å². The maximum absolute atomic E-state index is 11.7. The summed E-state index contributed by atoms with van der Waals surface area (Å²) in [7, 11) is 3.25. The van der Waals surface area contributed by atoms with Crippen molar-refractivity contribution >= 4 is 46.5 Å². The highest BCUT2D eigenvalue weighted by Crippen LogP contribution is 2.38. The number of carbonyl (C=O) groups is 3. The Labute approximate surface area is 154 Å². The summed E-state index contributed by atoms with van der Waals surface area (Å²) in [5.41, 5.74) is 0.576. The number of hydrogen-bond donors (Lipinski definition) is 1. The van der Waals surface area contributed by atoms with Gasteiger partial charge in [0.15, 0.2) is 18.1 Å². The van der Waals surface area contributed by atoms with E-state index in [1.807, 2.05) is 0 Å². The second kappa shape index (κ2) is 8.26. The topological polar surface area (TPSA) is 84.9 Å². The lowest BCUT2D eigenvalue weighted by atomic mass is 10.2. The molecule has 0 atom stereocenters. The molecule has 9 heteroatoms. The molecule has 1 fully saturated rings. The molecule has 1 aliphatic rings. The fourth-order valence-electron chi connectivity index (χ4n) is 1.91. The van der Waals surface area contributed by atoms with Crippen LogP contribution in [0.2, 0.25) is 5.02 Å². The lowest BCUT2D eigenvalue weighted by Gasteiger charge is -2.16. The lowest BCUT2D eigenvalue weighted by Crippen LogP contribution is -2.27. The van der Waals surface area contributed by atoms with E-state index in [1.165, 1.54) is 11.0 Å². The van der Waals surface area contributed by atoms with Crippen LogP contribution >= 0.6 is 23.4 Å². The van der Waals surface area contributed by atoms with Crippen LogP contribution in [0.3, 0.4) is 0 Å². The molecule has 0 unspecified atom stereocenters. The van der Waals surface area contributed by atoms with E-state index in [-0.39, 0.29) is 28.2 Å². The van der Waals surface area contributed by atoms with Gasteiger partial charge < -0.3 is 14.4 Å². The van der Waals surface area contributed by atoms with Crippen molar-refractivity contribution in [3.8, 4) is 11.5 Å². The van der Waals surface area contributed by atoms with Crippen LogP contribution < -0.4 is 14.8 Å². The third-order valence-electron chi connectivity index (χ3n) is 3.11. The molecule has 2 rings (SSSR count). The predicted octanol–water partition coefficient (Wildman–Crippen LogP) is 2.53. The smallest absolute Gasteiger partial charge is 0.290 e. The van der Waals surface area contributed by atoms with E-state index < -0.39 is 11.1 Å². The average Bonchev–Trinajstić information content (AvgIpc) is 2.84. The first-order chi connectivity index (χ1) is 11.8. The number of thioether (sulfide) groups is 1. The van der Waals surface area contributed by atoms with Gasteiger partial charge in [0.2, 0.25) is 0 Å². The van der Waals surface area contributed by atoms with E-state index in [0.29, 0.717) is 17.9 Å². The molecule has 1 saturated heterocycles. The molecular formula is C16H17ClN2O5S. The Morgan fingerprint density at radius 2 is 2.04 bits per heavy atom. The highest BCUT2D eigenvalue weighted by atomic mass is 35.5. The molecule has 7 nitrogen and oxygen atoms in total. The van der Waals surface area contributed by atoms with E-state index in [1.54, 1.807) is 33.2 Å². The Morgan fingerprint density at radius 3 is 2.60 bits per heavy atom. The second-order valence-electron chi connectivity index (χ2n) is 5.19. The number of benzene rings is 1. The lowest BCUT2D eigenvalue weighted by molar-refractivity contribution is -0.130. The third kappa shape index (κ3) is 4.90. The van der Waals surface area contributed by atoms with Crippen molar-refractivity contribution in [1.29, 1.82) is 0 Å². The second-order valence-corrected chi connectivity index (χ2v) is 6.61. The first-order valence-electron chi connectivity index (χ1n) is 7.36. The third-order valence-corrected chi connectivity index (χ3v) is 4.20. The number of nitrogens with one attached hydrogen (secondary N) is 1. The Balaban J connectivity index is 2.30. The molecule has 1 aromatic rings. The molecule has 0 radical (unpaired) electrons. The van der Waals surface area contributed by atoms with Crippen LogP contribution in [0.5, 0.6) is 11.5 Å². The number of imide groups is 1. The highest BCUT2D eigenvalue weighted by molar-refractivity contribution is 8.18. The van der Waals surface area contributed by atoms with Gasteiger partial charge in [-0.1, -0.05) is 11.6 Å². The molecule has 0 bridgehead atoms. The van der Waals surface area contributed by atoms with E-state index in [4.69, 9.17) is 21.1 Å². The number of amides is 3. The van der Waals surface area contributed by atoms with Crippen molar-refractivity contribution in [3.63, 3.8) is 0 Å². The number of carbonyl (C=O) groups excluding carboxylic acids is 3. The van der Waals surface area contributed by atoms with Crippen LogP contribution in [-0.4, -0.2) is 49.3 Å². The van der Waals surface area contributed by atoms with Crippen LogP contribution in [0.25, 0.3) is 6.08 Å². The summed E-state index contributed by atoms with van der Waals surface area (Å²) < 4.78 is 11.0. The number of hydrogen-bond acceptors (Lipinski definition) is 6. The number of ether oxygens (including phenoxy) is 2. The summed E-state index contributed by atoms with van der Waals surface area (Å²) in [6.07, 6.45) is 1.54. The SMILES string of the molecule is CCOc1cc(/C=C2\SC(=O)NC2=O)cc(Cl)c1OCC(=O)N(C)C. The van der Waals surface area contributed by atoms with Gasteiger partial charge in [0.05, 0.1) is 16.5 Å². The molecule has 25 heavy (non-hydrogen) atoms. The molecule has 1 aromatic carbocycles. The van der Waals surface area contributed by atoms with E-state index in [2.05, 4.69) is 5.32 Å². The standard InChI is InChI=1S/C16H17ClN2O5S/c1-4-23-11-6-9(7-12-15(21)18-16(22)25-12)5-10(17)14(11)24-8-13(20)19(2)3/h5-7H,4,8H2,1-3H3,(H,18,21,22)/b12-7-. The van der Waals surface area contributed by atoms with Crippen molar-refractivity contribution in [2.75, 3.05) is 27.3 Å². The predicted molar refractivity (Wildman–Crippen MR) is 95.9 cm³/mol. The molecule has 1 aliphatic heterocycles. The highest BCUT2D eigenvalue weighted by Gasteiger charge is 2.25. The molecule has 0 aromatic heterocycles. The number of halogens is 1. The first kappa shape index (κ1) is 19.1. The van der Waals surface area contributed by atoms with E-state index >= 15 is 0 Å². The first-order valence-corrected chi connectivity index (χ1v) is 8.55.